The summed E-state index contributed by atoms with van der Waals surface area (Å²) in [6, 6.07) is 24.7. The van der Waals surface area contributed by atoms with Crippen LogP contribution in [0.15, 0.2) is 97.1 Å². The number of carbonyl (C=O) groups is 2. The summed E-state index contributed by atoms with van der Waals surface area (Å²) in [6.07, 6.45) is 1.07. The number of allylic oxidation sites excluding steroid dienone is 1. The van der Waals surface area contributed by atoms with Gasteiger partial charge in [0.25, 0.3) is 0 Å². The molecule has 1 N–H and O–H groups in total. The number of aliphatic hydroxyl groups is 1. The lowest BCUT2D eigenvalue weighted by Crippen LogP contribution is -2.10. The highest BCUT2D eigenvalue weighted by Gasteiger charge is 2.27. The number of aliphatic hydroxyl groups excluding tert-OH is 1. The number of carbonyl (C=O) groups excluding carboxylic acids is 2. The molecule has 0 aromatic heterocycles. The van der Waals surface area contributed by atoms with Crippen molar-refractivity contribution in [2.75, 3.05) is 0 Å². The van der Waals surface area contributed by atoms with E-state index < -0.39 is 5.24 Å². The number of benzene rings is 4. The van der Waals surface area contributed by atoms with Crippen molar-refractivity contribution in [1.82, 2.24) is 0 Å². The summed E-state index contributed by atoms with van der Waals surface area (Å²) in [6.45, 7) is 10.1. The van der Waals surface area contributed by atoms with Gasteiger partial charge in [-0.1, -0.05) is 86.0 Å². The lowest BCUT2D eigenvalue weighted by Gasteiger charge is -2.13. The van der Waals surface area contributed by atoms with Crippen molar-refractivity contribution < 1.29 is 19.4 Å². The molecule has 2 aliphatic carbocycles. The van der Waals surface area contributed by atoms with Crippen LogP contribution in [0.3, 0.4) is 0 Å². The van der Waals surface area contributed by atoms with Crippen molar-refractivity contribution in [1.29, 1.82) is 0 Å². The molecule has 188 valence electrons. The molecule has 0 saturated carbocycles. The largest absolute Gasteiger partial charge is 0.454 e. The summed E-state index contributed by atoms with van der Waals surface area (Å²) >= 11 is 4.87. The van der Waals surface area contributed by atoms with Gasteiger partial charge in [0.2, 0.25) is 5.24 Å². The van der Waals surface area contributed by atoms with Crippen LogP contribution in [-0.2, 0) is 27.2 Å². The number of hydrogen-bond acceptors (Lipinski definition) is 4. The molecule has 6 rings (SSSR count). The van der Waals surface area contributed by atoms with E-state index in [1.165, 1.54) is 32.7 Å². The maximum atomic E-state index is 11.6. The highest BCUT2D eigenvalue weighted by molar-refractivity contribution is 6.67. The van der Waals surface area contributed by atoms with Crippen LogP contribution in [0.25, 0.3) is 21.5 Å². The first kappa shape index (κ1) is 26.3. The van der Waals surface area contributed by atoms with Crippen molar-refractivity contribution in [3.63, 3.8) is 0 Å². The van der Waals surface area contributed by atoms with Gasteiger partial charge in [-0.2, -0.15) is 0 Å². The molecular weight excluding hydrogens is 484 g/mol. The van der Waals surface area contributed by atoms with E-state index in [2.05, 4.69) is 55.6 Å². The molecule has 5 heteroatoms. The van der Waals surface area contributed by atoms with E-state index in [4.69, 9.17) is 16.3 Å². The molecule has 0 heterocycles. The Bertz CT molecular complexity index is 1510. The fourth-order valence-electron chi connectivity index (χ4n) is 4.75. The second kappa shape index (κ2) is 11.1. The quantitative estimate of drug-likeness (QED) is 0.177. The Morgan fingerprint density at radius 3 is 1.76 bits per heavy atom. The minimum Gasteiger partial charge on any atom is -0.454 e. The summed E-state index contributed by atoms with van der Waals surface area (Å²) < 4.78 is 5.51. The molecule has 0 spiro atoms. The van der Waals surface area contributed by atoms with Crippen LogP contribution in [0.4, 0.5) is 0 Å². The van der Waals surface area contributed by atoms with Gasteiger partial charge in [0, 0.05) is 29.6 Å². The molecule has 4 nitrogen and oxygen atoms in total. The third-order valence-electron chi connectivity index (χ3n) is 6.50. The maximum Gasteiger partial charge on any atom is 0.333 e. The molecule has 4 aromatic rings. The Morgan fingerprint density at radius 2 is 1.24 bits per heavy atom. The normalized spacial score (nSPS) is 16.3. The smallest absolute Gasteiger partial charge is 0.333 e. The minimum absolute atomic E-state index is 0.171. The van der Waals surface area contributed by atoms with Gasteiger partial charge in [-0.05, 0) is 63.7 Å². The number of rotatable bonds is 3. The molecule has 37 heavy (non-hydrogen) atoms. The van der Waals surface area contributed by atoms with E-state index >= 15 is 0 Å². The first-order valence-corrected chi connectivity index (χ1v) is 12.5. The molecule has 2 unspecified atom stereocenters. The van der Waals surface area contributed by atoms with Crippen LogP contribution in [0, 0.1) is 0 Å². The summed E-state index contributed by atoms with van der Waals surface area (Å²) in [5.41, 5.74) is 5.56. The van der Waals surface area contributed by atoms with Crippen LogP contribution in [0.5, 0.6) is 0 Å². The van der Waals surface area contributed by atoms with Crippen molar-refractivity contribution >= 4 is 44.4 Å². The molecule has 4 aromatic carbocycles. The van der Waals surface area contributed by atoms with E-state index in [1.807, 2.05) is 30.3 Å². The predicted molar refractivity (Wildman–Crippen MR) is 150 cm³/mol. The van der Waals surface area contributed by atoms with E-state index in [0.29, 0.717) is 11.1 Å². The van der Waals surface area contributed by atoms with E-state index in [1.54, 1.807) is 13.8 Å². The average Bonchev–Trinajstić information content (AvgIpc) is 3.40. The molecule has 0 saturated heterocycles. The fourth-order valence-corrected chi connectivity index (χ4v) is 4.75. The molecule has 0 aliphatic heterocycles. The van der Waals surface area contributed by atoms with Gasteiger partial charge in [0.1, 0.15) is 6.10 Å². The standard InChI is InChI=1S/C16H14O2.C12H10O.C4H5ClO/c1-10(2)16(17)18-14-9-12-7-3-5-11-6-4-8-13(14)15(11)12;13-11-7-9-5-1-3-8-4-2-6-10(11)12(8)9;1-3(2)4(5)6/h3-8,14H,1,9H2,2H3;1-6,11,13H,7H2;1H2,2H3. The van der Waals surface area contributed by atoms with E-state index in [9.17, 15) is 14.7 Å². The highest BCUT2D eigenvalue weighted by atomic mass is 35.5. The first-order chi connectivity index (χ1) is 17.7. The number of halogens is 1. The zero-order valence-corrected chi connectivity index (χ0v) is 21.7. The van der Waals surface area contributed by atoms with Crippen LogP contribution in [0.2, 0.25) is 0 Å². The second-order valence-corrected chi connectivity index (χ2v) is 9.72. The third-order valence-corrected chi connectivity index (χ3v) is 6.83. The third kappa shape index (κ3) is 5.66. The summed E-state index contributed by atoms with van der Waals surface area (Å²) in [5, 5.41) is 14.3. The highest BCUT2D eigenvalue weighted by Crippen LogP contribution is 2.39. The van der Waals surface area contributed by atoms with Gasteiger partial charge in [0.15, 0.2) is 0 Å². The zero-order valence-electron chi connectivity index (χ0n) is 21.0. The molecule has 0 radical (unpaired) electrons. The Hall–Kier alpha value is -3.73. The van der Waals surface area contributed by atoms with Crippen LogP contribution >= 0.6 is 11.6 Å². The van der Waals surface area contributed by atoms with Crippen LogP contribution in [-0.4, -0.2) is 16.3 Å². The molecule has 2 aliphatic rings. The lowest BCUT2D eigenvalue weighted by atomic mass is 10.1. The summed E-state index contributed by atoms with van der Waals surface area (Å²) in [7, 11) is 0. The van der Waals surface area contributed by atoms with Gasteiger partial charge in [-0.15, -0.1) is 0 Å². The summed E-state index contributed by atoms with van der Waals surface area (Å²) in [5.74, 6) is -0.315. The van der Waals surface area contributed by atoms with Gasteiger partial charge >= 0.3 is 5.97 Å². The Balaban J connectivity index is 0.000000147. The van der Waals surface area contributed by atoms with Gasteiger partial charge in [0.05, 0.1) is 6.10 Å². The average molecular weight is 513 g/mol. The van der Waals surface area contributed by atoms with Gasteiger partial charge < -0.3 is 9.84 Å². The summed E-state index contributed by atoms with van der Waals surface area (Å²) in [4.78, 5) is 21.5. The minimum atomic E-state index is -0.463. The van der Waals surface area contributed by atoms with Crippen molar-refractivity contribution in [3.05, 3.63) is 119 Å². The Labute approximate surface area is 221 Å². The molecule has 2 atom stereocenters. The van der Waals surface area contributed by atoms with Crippen LogP contribution < -0.4 is 0 Å². The monoisotopic (exact) mass is 512 g/mol. The topological polar surface area (TPSA) is 63.6 Å². The molecule has 0 bridgehead atoms. The van der Waals surface area contributed by atoms with Crippen molar-refractivity contribution in [2.24, 2.45) is 0 Å². The van der Waals surface area contributed by atoms with E-state index in [-0.39, 0.29) is 18.2 Å². The SMILES string of the molecule is C=C(C)C(=O)Cl.C=C(C)C(=O)OC1Cc2cccc3cccc1c23.OC1Cc2cccc3cccc1c23. The van der Waals surface area contributed by atoms with Crippen molar-refractivity contribution in [3.8, 4) is 0 Å². The molecular formula is C32H29ClO4. The Morgan fingerprint density at radius 1 is 0.784 bits per heavy atom. The Kier molecular flexibility index (Phi) is 7.91. The predicted octanol–water partition coefficient (Wildman–Crippen LogP) is 7.31. The number of ether oxygens (including phenoxy) is 1. The zero-order chi connectivity index (χ0) is 26.7. The number of esters is 1. The molecule has 0 amide bonds. The second-order valence-electron chi connectivity index (χ2n) is 9.38. The number of hydrogen-bond donors (Lipinski definition) is 1. The van der Waals surface area contributed by atoms with Crippen molar-refractivity contribution in [2.45, 2.75) is 38.9 Å². The maximum absolute atomic E-state index is 11.6. The first-order valence-electron chi connectivity index (χ1n) is 12.1. The van der Waals surface area contributed by atoms with Gasteiger partial charge in [-0.25, -0.2) is 4.79 Å². The van der Waals surface area contributed by atoms with E-state index in [0.717, 1.165) is 24.0 Å². The fraction of sp³-hybridized carbons (Fsp3) is 0.188. The molecule has 0 fully saturated rings. The van der Waals surface area contributed by atoms with Crippen LogP contribution in [0.1, 0.15) is 48.3 Å². The lowest BCUT2D eigenvalue weighted by molar-refractivity contribution is -0.144. The van der Waals surface area contributed by atoms with Gasteiger partial charge in [-0.3, -0.25) is 4.79 Å².